The number of nitrogens with one attached hydrogen (secondary N) is 1. The van der Waals surface area contributed by atoms with Gasteiger partial charge >= 0.3 is 0 Å². The smallest absolute Gasteiger partial charge is 0.129 e. The van der Waals surface area contributed by atoms with Crippen molar-refractivity contribution in [3.05, 3.63) is 65.5 Å². The van der Waals surface area contributed by atoms with Gasteiger partial charge in [0.15, 0.2) is 0 Å². The molecule has 0 spiro atoms. The van der Waals surface area contributed by atoms with E-state index in [-0.39, 0.29) is 18.0 Å². The van der Waals surface area contributed by atoms with Gasteiger partial charge in [-0.25, -0.2) is 4.39 Å². The molecule has 0 heterocycles. The lowest BCUT2D eigenvalue weighted by atomic mass is 10.1. The minimum Gasteiger partial charge on any atom is -0.489 e. The molecule has 0 aliphatic heterocycles. The first-order chi connectivity index (χ1) is 9.94. The Kier molecular flexibility index (Phi) is 4.97. The Balaban J connectivity index is 1.96. The molecule has 2 aromatic rings. The van der Waals surface area contributed by atoms with Gasteiger partial charge in [0.25, 0.3) is 0 Å². The van der Waals surface area contributed by atoms with Crippen molar-refractivity contribution in [1.82, 2.24) is 5.32 Å². The highest BCUT2D eigenvalue weighted by molar-refractivity contribution is 5.29. The largest absolute Gasteiger partial charge is 0.489 e. The van der Waals surface area contributed by atoms with E-state index >= 15 is 0 Å². The lowest BCUT2D eigenvalue weighted by Crippen LogP contribution is -2.35. The van der Waals surface area contributed by atoms with Crippen LogP contribution in [0.2, 0.25) is 0 Å². The Labute approximate surface area is 126 Å². The number of hydrogen-bond donors (Lipinski definition) is 1. The van der Waals surface area contributed by atoms with Crippen molar-refractivity contribution in [3.63, 3.8) is 0 Å². The molecule has 0 radical (unpaired) electrons. The molecule has 0 aliphatic carbocycles. The summed E-state index contributed by atoms with van der Waals surface area (Å²) in [6.45, 7) is 7.41. The van der Waals surface area contributed by atoms with Crippen LogP contribution in [-0.2, 0) is 13.2 Å². The fourth-order valence-electron chi connectivity index (χ4n) is 1.89. The molecule has 0 saturated carbocycles. The Morgan fingerprint density at radius 1 is 1.05 bits per heavy atom. The second-order valence-corrected chi connectivity index (χ2v) is 6.13. The molecule has 21 heavy (non-hydrogen) atoms. The average Bonchev–Trinajstić information content (AvgIpc) is 2.44. The third kappa shape index (κ3) is 5.20. The van der Waals surface area contributed by atoms with E-state index in [1.165, 1.54) is 6.07 Å². The van der Waals surface area contributed by atoms with E-state index in [0.29, 0.717) is 5.56 Å². The topological polar surface area (TPSA) is 21.3 Å². The number of rotatable bonds is 5. The summed E-state index contributed by atoms with van der Waals surface area (Å²) in [4.78, 5) is 0. The summed E-state index contributed by atoms with van der Waals surface area (Å²) >= 11 is 0. The Hall–Kier alpha value is -1.87. The molecule has 0 saturated heterocycles. The third-order valence-corrected chi connectivity index (χ3v) is 3.07. The molecule has 0 aliphatic rings. The standard InChI is InChI=1S/C18H22FNO/c1-18(2,3)20-12-14-7-6-9-16(11-14)21-13-15-8-4-5-10-17(15)19/h4-11,20H,12-13H2,1-3H3. The number of benzene rings is 2. The first-order valence-electron chi connectivity index (χ1n) is 7.14. The predicted molar refractivity (Wildman–Crippen MR) is 83.8 cm³/mol. The van der Waals surface area contributed by atoms with Crippen molar-refractivity contribution in [2.45, 2.75) is 39.5 Å². The van der Waals surface area contributed by atoms with Gasteiger partial charge < -0.3 is 10.1 Å². The quantitative estimate of drug-likeness (QED) is 0.885. The van der Waals surface area contributed by atoms with Crippen molar-refractivity contribution in [3.8, 4) is 5.75 Å². The zero-order chi connectivity index (χ0) is 15.3. The molecule has 0 atom stereocenters. The summed E-state index contributed by atoms with van der Waals surface area (Å²) in [5, 5.41) is 3.43. The molecule has 0 amide bonds. The highest BCUT2D eigenvalue weighted by Crippen LogP contribution is 2.17. The van der Waals surface area contributed by atoms with Gasteiger partial charge in [-0.05, 0) is 44.5 Å². The maximum atomic E-state index is 13.5. The Bertz CT molecular complexity index is 590. The van der Waals surface area contributed by atoms with Gasteiger partial charge in [0.05, 0.1) is 0 Å². The summed E-state index contributed by atoms with van der Waals surface area (Å²) < 4.78 is 19.2. The van der Waals surface area contributed by atoms with Crippen LogP contribution in [0.3, 0.4) is 0 Å². The summed E-state index contributed by atoms with van der Waals surface area (Å²) in [7, 11) is 0. The maximum absolute atomic E-state index is 13.5. The van der Waals surface area contributed by atoms with Crippen LogP contribution in [0, 0.1) is 5.82 Å². The maximum Gasteiger partial charge on any atom is 0.129 e. The molecule has 2 rings (SSSR count). The lowest BCUT2D eigenvalue weighted by Gasteiger charge is -2.20. The normalized spacial score (nSPS) is 11.4. The molecular formula is C18H22FNO. The number of halogens is 1. The first kappa shape index (κ1) is 15.5. The van der Waals surface area contributed by atoms with Gasteiger partial charge in [0.1, 0.15) is 18.2 Å². The fraction of sp³-hybridized carbons (Fsp3) is 0.333. The van der Waals surface area contributed by atoms with Crippen LogP contribution >= 0.6 is 0 Å². The second-order valence-electron chi connectivity index (χ2n) is 6.13. The Morgan fingerprint density at radius 2 is 1.81 bits per heavy atom. The van der Waals surface area contributed by atoms with E-state index in [9.17, 15) is 4.39 Å². The second kappa shape index (κ2) is 6.72. The zero-order valence-corrected chi connectivity index (χ0v) is 12.8. The number of ether oxygens (including phenoxy) is 1. The van der Waals surface area contributed by atoms with E-state index in [4.69, 9.17) is 4.74 Å². The molecule has 0 aromatic heterocycles. The summed E-state index contributed by atoms with van der Waals surface area (Å²) in [6, 6.07) is 14.6. The zero-order valence-electron chi connectivity index (χ0n) is 12.8. The fourth-order valence-corrected chi connectivity index (χ4v) is 1.89. The molecule has 1 N–H and O–H groups in total. The molecule has 0 bridgehead atoms. The van der Waals surface area contributed by atoms with Crippen molar-refractivity contribution in [2.75, 3.05) is 0 Å². The van der Waals surface area contributed by atoms with Crippen LogP contribution in [0.25, 0.3) is 0 Å². The molecule has 112 valence electrons. The highest BCUT2D eigenvalue weighted by atomic mass is 19.1. The van der Waals surface area contributed by atoms with E-state index in [1.807, 2.05) is 24.3 Å². The van der Waals surface area contributed by atoms with Crippen molar-refractivity contribution >= 4 is 0 Å². The van der Waals surface area contributed by atoms with E-state index in [0.717, 1.165) is 17.9 Å². The van der Waals surface area contributed by atoms with Crippen molar-refractivity contribution in [2.24, 2.45) is 0 Å². The minimum absolute atomic E-state index is 0.0734. The van der Waals surface area contributed by atoms with Crippen molar-refractivity contribution < 1.29 is 9.13 Å². The van der Waals surface area contributed by atoms with Gasteiger partial charge in [-0.15, -0.1) is 0 Å². The molecular weight excluding hydrogens is 265 g/mol. The van der Waals surface area contributed by atoms with Gasteiger partial charge in [-0.1, -0.05) is 30.3 Å². The number of hydrogen-bond acceptors (Lipinski definition) is 2. The van der Waals surface area contributed by atoms with Crippen LogP contribution in [0.5, 0.6) is 5.75 Å². The predicted octanol–water partition coefficient (Wildman–Crippen LogP) is 4.29. The third-order valence-electron chi connectivity index (χ3n) is 3.07. The SMILES string of the molecule is CC(C)(C)NCc1cccc(OCc2ccccc2F)c1. The van der Waals surface area contributed by atoms with Gasteiger partial charge in [-0.2, -0.15) is 0 Å². The van der Waals surface area contributed by atoms with Gasteiger partial charge in [0.2, 0.25) is 0 Å². The molecule has 3 heteroatoms. The molecule has 2 aromatic carbocycles. The summed E-state index contributed by atoms with van der Waals surface area (Å²) in [5.41, 5.74) is 1.79. The highest BCUT2D eigenvalue weighted by Gasteiger charge is 2.08. The van der Waals surface area contributed by atoms with Crippen LogP contribution in [0.1, 0.15) is 31.9 Å². The molecule has 0 unspecified atom stereocenters. The summed E-state index contributed by atoms with van der Waals surface area (Å²) in [6.07, 6.45) is 0. The van der Waals surface area contributed by atoms with E-state index < -0.39 is 0 Å². The monoisotopic (exact) mass is 287 g/mol. The Morgan fingerprint density at radius 3 is 2.52 bits per heavy atom. The first-order valence-corrected chi connectivity index (χ1v) is 7.14. The van der Waals surface area contributed by atoms with Crippen LogP contribution in [-0.4, -0.2) is 5.54 Å². The average molecular weight is 287 g/mol. The van der Waals surface area contributed by atoms with Crippen molar-refractivity contribution in [1.29, 1.82) is 0 Å². The minimum atomic E-state index is -0.233. The van der Waals surface area contributed by atoms with Crippen LogP contribution in [0.15, 0.2) is 48.5 Å². The molecule has 0 fully saturated rings. The van der Waals surface area contributed by atoms with Gasteiger partial charge in [-0.3, -0.25) is 0 Å². The van der Waals surface area contributed by atoms with Gasteiger partial charge in [0, 0.05) is 17.6 Å². The van der Waals surface area contributed by atoms with E-state index in [1.54, 1.807) is 12.1 Å². The molecule has 2 nitrogen and oxygen atoms in total. The van der Waals surface area contributed by atoms with Crippen LogP contribution in [0.4, 0.5) is 4.39 Å². The lowest BCUT2D eigenvalue weighted by molar-refractivity contribution is 0.299. The van der Waals surface area contributed by atoms with E-state index in [2.05, 4.69) is 32.2 Å². The summed E-state index contributed by atoms with van der Waals surface area (Å²) in [5.74, 6) is 0.523. The van der Waals surface area contributed by atoms with Crippen LogP contribution < -0.4 is 10.1 Å².